The Morgan fingerprint density at radius 3 is 2.65 bits per heavy atom. The Balaban J connectivity index is 2.63. The number of ether oxygens (including phenoxy) is 2. The number of nitrogens with two attached hydrogens (primary N) is 1. The Morgan fingerprint density at radius 2 is 2.00 bits per heavy atom. The van der Waals surface area contributed by atoms with Crippen LogP contribution < -0.4 is 10.5 Å². The first-order chi connectivity index (χ1) is 9.38. The summed E-state index contributed by atoms with van der Waals surface area (Å²) in [6, 6.07) is 2.88. The van der Waals surface area contributed by atoms with Gasteiger partial charge in [0.05, 0.1) is 35.4 Å². The monoisotopic (exact) mass is 322 g/mol. The number of methoxy groups -OCH3 is 1. The molecule has 0 saturated heterocycles. The van der Waals surface area contributed by atoms with Crippen LogP contribution in [0.15, 0.2) is 17.0 Å². The molecule has 1 aromatic carbocycles. The zero-order valence-electron chi connectivity index (χ0n) is 11.5. The maximum atomic E-state index is 12.1. The highest BCUT2D eigenvalue weighted by Gasteiger charge is 2.17. The van der Waals surface area contributed by atoms with E-state index < -0.39 is 10.0 Å². The Bertz CT molecular complexity index is 549. The third kappa shape index (κ3) is 4.92. The molecule has 20 heavy (non-hydrogen) atoms. The van der Waals surface area contributed by atoms with Crippen molar-refractivity contribution in [3.63, 3.8) is 0 Å². The molecule has 0 fully saturated rings. The molecule has 0 aliphatic heterocycles. The van der Waals surface area contributed by atoms with Crippen molar-refractivity contribution < 1.29 is 17.9 Å². The summed E-state index contributed by atoms with van der Waals surface area (Å²) in [7, 11) is -2.05. The summed E-state index contributed by atoms with van der Waals surface area (Å²) in [6.07, 6.45) is 0. The van der Waals surface area contributed by atoms with Gasteiger partial charge in [-0.1, -0.05) is 11.6 Å². The number of aryl methyl sites for hydroxylation is 1. The Labute approximate surface area is 124 Å². The van der Waals surface area contributed by atoms with E-state index in [-0.39, 0.29) is 23.7 Å². The van der Waals surface area contributed by atoms with Crippen molar-refractivity contribution in [2.45, 2.75) is 11.8 Å². The van der Waals surface area contributed by atoms with Gasteiger partial charge in [0, 0.05) is 13.7 Å². The average Bonchev–Trinajstić information content (AvgIpc) is 2.37. The molecule has 0 aliphatic carbocycles. The van der Waals surface area contributed by atoms with Crippen LogP contribution in [0, 0.1) is 6.92 Å². The molecule has 0 atom stereocenters. The molecule has 8 heteroatoms. The Morgan fingerprint density at radius 1 is 1.30 bits per heavy atom. The van der Waals surface area contributed by atoms with E-state index in [0.29, 0.717) is 23.8 Å². The van der Waals surface area contributed by atoms with Crippen LogP contribution in [0.4, 0.5) is 5.69 Å². The van der Waals surface area contributed by atoms with Gasteiger partial charge in [-0.3, -0.25) is 0 Å². The van der Waals surface area contributed by atoms with E-state index in [1.807, 2.05) is 0 Å². The summed E-state index contributed by atoms with van der Waals surface area (Å²) < 4.78 is 36.7. The number of anilines is 1. The van der Waals surface area contributed by atoms with Crippen LogP contribution in [-0.2, 0) is 19.5 Å². The fourth-order valence-corrected chi connectivity index (χ4v) is 3.02. The zero-order chi connectivity index (χ0) is 15.2. The number of sulfonamides is 1. The lowest BCUT2D eigenvalue weighted by Crippen LogP contribution is -2.28. The first kappa shape index (κ1) is 17.2. The molecule has 0 amide bonds. The fraction of sp³-hybridized carbons (Fsp3) is 0.500. The van der Waals surface area contributed by atoms with Gasteiger partial charge in [-0.05, 0) is 24.6 Å². The minimum atomic E-state index is -3.62. The molecule has 0 aliphatic rings. The van der Waals surface area contributed by atoms with Gasteiger partial charge < -0.3 is 15.2 Å². The van der Waals surface area contributed by atoms with Crippen LogP contribution >= 0.6 is 11.6 Å². The number of benzene rings is 1. The minimum absolute atomic E-state index is 0.122. The number of hydrogen-bond donors (Lipinski definition) is 2. The van der Waals surface area contributed by atoms with Crippen LogP contribution in [0.25, 0.3) is 0 Å². The lowest BCUT2D eigenvalue weighted by Gasteiger charge is -2.11. The van der Waals surface area contributed by atoms with Gasteiger partial charge in [0.25, 0.3) is 0 Å². The van der Waals surface area contributed by atoms with E-state index in [9.17, 15) is 8.42 Å². The highest BCUT2D eigenvalue weighted by atomic mass is 35.5. The largest absolute Gasteiger partial charge is 0.397 e. The van der Waals surface area contributed by atoms with Crippen molar-refractivity contribution in [1.29, 1.82) is 0 Å². The van der Waals surface area contributed by atoms with Gasteiger partial charge in [0.1, 0.15) is 0 Å². The van der Waals surface area contributed by atoms with Gasteiger partial charge in [0.2, 0.25) is 10.0 Å². The minimum Gasteiger partial charge on any atom is -0.397 e. The number of nitrogen functional groups attached to an aromatic ring is 1. The van der Waals surface area contributed by atoms with E-state index >= 15 is 0 Å². The SMILES string of the molecule is COCCOCCNS(=O)(=O)c1cc(N)c(Cl)cc1C. The van der Waals surface area contributed by atoms with Gasteiger partial charge in [-0.15, -0.1) is 0 Å². The summed E-state index contributed by atoms with van der Waals surface area (Å²) in [5.41, 5.74) is 6.40. The smallest absolute Gasteiger partial charge is 0.240 e. The molecule has 0 radical (unpaired) electrons. The summed E-state index contributed by atoms with van der Waals surface area (Å²) >= 11 is 5.84. The average molecular weight is 323 g/mol. The van der Waals surface area contributed by atoms with Gasteiger partial charge in [-0.2, -0.15) is 0 Å². The second-order valence-electron chi connectivity index (χ2n) is 4.14. The number of halogens is 1. The molecular formula is C12H19ClN2O4S. The highest BCUT2D eigenvalue weighted by Crippen LogP contribution is 2.25. The molecule has 6 nitrogen and oxygen atoms in total. The molecule has 0 bridgehead atoms. The van der Waals surface area contributed by atoms with Crippen LogP contribution in [0.2, 0.25) is 5.02 Å². The van der Waals surface area contributed by atoms with Crippen molar-refractivity contribution in [3.05, 3.63) is 22.7 Å². The second-order valence-corrected chi connectivity index (χ2v) is 6.28. The van der Waals surface area contributed by atoms with Crippen LogP contribution in [0.1, 0.15) is 5.56 Å². The Kier molecular flexibility index (Phi) is 6.70. The number of hydrogen-bond acceptors (Lipinski definition) is 5. The van der Waals surface area contributed by atoms with Gasteiger partial charge in [0.15, 0.2) is 0 Å². The second kappa shape index (κ2) is 7.80. The summed E-state index contributed by atoms with van der Waals surface area (Å²) in [6.45, 7) is 3.00. The van der Waals surface area contributed by atoms with Crippen LogP contribution in [0.3, 0.4) is 0 Å². The summed E-state index contributed by atoms with van der Waals surface area (Å²) in [5, 5.41) is 0.337. The van der Waals surface area contributed by atoms with Crippen LogP contribution in [-0.4, -0.2) is 41.9 Å². The third-order valence-electron chi connectivity index (χ3n) is 2.55. The molecule has 0 aromatic heterocycles. The molecule has 0 spiro atoms. The molecule has 0 heterocycles. The van der Waals surface area contributed by atoms with Crippen molar-refractivity contribution in [2.75, 3.05) is 39.2 Å². The van der Waals surface area contributed by atoms with E-state index in [0.717, 1.165) is 0 Å². The topological polar surface area (TPSA) is 90.6 Å². The molecule has 0 unspecified atom stereocenters. The summed E-state index contributed by atoms with van der Waals surface area (Å²) in [5.74, 6) is 0. The molecule has 1 rings (SSSR count). The maximum Gasteiger partial charge on any atom is 0.240 e. The lowest BCUT2D eigenvalue weighted by molar-refractivity contribution is 0.0736. The van der Waals surface area contributed by atoms with Gasteiger partial charge >= 0.3 is 0 Å². The predicted molar refractivity (Wildman–Crippen MR) is 78.5 cm³/mol. The highest BCUT2D eigenvalue weighted by molar-refractivity contribution is 7.89. The van der Waals surface area contributed by atoms with E-state index in [2.05, 4.69) is 4.72 Å². The van der Waals surface area contributed by atoms with Crippen molar-refractivity contribution in [3.8, 4) is 0 Å². The predicted octanol–water partition coefficient (Wildman–Crippen LogP) is 1.17. The number of rotatable bonds is 8. The Hall–Kier alpha value is -0.860. The van der Waals surface area contributed by atoms with Gasteiger partial charge in [-0.25, -0.2) is 13.1 Å². The van der Waals surface area contributed by atoms with Crippen molar-refractivity contribution in [1.82, 2.24) is 4.72 Å². The van der Waals surface area contributed by atoms with E-state index in [1.54, 1.807) is 14.0 Å². The standard InChI is InChI=1S/C12H19ClN2O4S/c1-9-7-10(13)11(14)8-12(9)20(16,17)15-3-4-19-6-5-18-2/h7-8,15H,3-6,14H2,1-2H3. The molecule has 3 N–H and O–H groups in total. The zero-order valence-corrected chi connectivity index (χ0v) is 13.1. The molecule has 114 valence electrons. The maximum absolute atomic E-state index is 12.1. The summed E-state index contributed by atoms with van der Waals surface area (Å²) in [4.78, 5) is 0.122. The normalized spacial score (nSPS) is 11.8. The lowest BCUT2D eigenvalue weighted by atomic mass is 10.2. The third-order valence-corrected chi connectivity index (χ3v) is 4.48. The first-order valence-electron chi connectivity index (χ1n) is 6.00. The van der Waals surface area contributed by atoms with Crippen molar-refractivity contribution >= 4 is 27.3 Å². The first-order valence-corrected chi connectivity index (χ1v) is 7.86. The molecule has 1 aromatic rings. The van der Waals surface area contributed by atoms with Crippen LogP contribution in [0.5, 0.6) is 0 Å². The molecule has 0 saturated carbocycles. The van der Waals surface area contributed by atoms with Crippen molar-refractivity contribution in [2.24, 2.45) is 0 Å². The van der Waals surface area contributed by atoms with E-state index in [4.69, 9.17) is 26.8 Å². The fourth-order valence-electron chi connectivity index (χ4n) is 1.53. The molecular weight excluding hydrogens is 304 g/mol. The number of nitrogens with one attached hydrogen (secondary N) is 1. The van der Waals surface area contributed by atoms with E-state index in [1.165, 1.54) is 12.1 Å². The quantitative estimate of drug-likeness (QED) is 0.554.